The first-order valence-corrected chi connectivity index (χ1v) is 7.07. The minimum atomic E-state index is 0.529. The highest BCUT2D eigenvalue weighted by molar-refractivity contribution is 7.14. The number of hydrogen-bond donors (Lipinski definition) is 1. The highest BCUT2D eigenvalue weighted by atomic mass is 32.1. The molecule has 0 amide bonds. The lowest BCUT2D eigenvalue weighted by Gasteiger charge is -2.09. The van der Waals surface area contributed by atoms with Crippen LogP contribution in [0.2, 0.25) is 0 Å². The summed E-state index contributed by atoms with van der Waals surface area (Å²) in [4.78, 5) is 0. The van der Waals surface area contributed by atoms with E-state index in [0.29, 0.717) is 12.5 Å². The number of aryl methyl sites for hydroxylation is 1. The Labute approximate surface area is 112 Å². The molecule has 1 aromatic heterocycles. The van der Waals surface area contributed by atoms with Gasteiger partial charge in [-0.2, -0.15) is 0 Å². The van der Waals surface area contributed by atoms with Gasteiger partial charge < -0.3 is 5.73 Å². The van der Waals surface area contributed by atoms with Crippen LogP contribution in [0.25, 0.3) is 10.6 Å². The molecular weight excluding hydrogens is 242 g/mol. The lowest BCUT2D eigenvalue weighted by Crippen LogP contribution is -2.01. The molecule has 4 heteroatoms. The first-order chi connectivity index (χ1) is 8.61. The number of nitrogens with zero attached hydrogens (tertiary/aromatic N) is 2. The van der Waals surface area contributed by atoms with Crippen molar-refractivity contribution in [3.63, 3.8) is 0 Å². The zero-order valence-electron chi connectivity index (χ0n) is 11.1. The van der Waals surface area contributed by atoms with E-state index in [0.717, 1.165) is 16.4 Å². The Hall–Kier alpha value is -1.26. The van der Waals surface area contributed by atoms with Gasteiger partial charge in [0.2, 0.25) is 0 Å². The Morgan fingerprint density at radius 1 is 1.28 bits per heavy atom. The van der Waals surface area contributed by atoms with Gasteiger partial charge >= 0.3 is 0 Å². The van der Waals surface area contributed by atoms with Crippen molar-refractivity contribution in [3.8, 4) is 10.6 Å². The van der Waals surface area contributed by atoms with Gasteiger partial charge in [-0.1, -0.05) is 37.3 Å². The summed E-state index contributed by atoms with van der Waals surface area (Å²) in [6, 6.07) is 6.58. The van der Waals surface area contributed by atoms with Crippen LogP contribution in [-0.2, 0) is 6.42 Å². The predicted molar refractivity (Wildman–Crippen MR) is 76.9 cm³/mol. The van der Waals surface area contributed by atoms with E-state index in [4.69, 9.17) is 5.73 Å². The second-order valence-electron chi connectivity index (χ2n) is 4.77. The van der Waals surface area contributed by atoms with Gasteiger partial charge in [-0.15, -0.1) is 10.2 Å². The topological polar surface area (TPSA) is 51.8 Å². The molecule has 0 saturated carbocycles. The van der Waals surface area contributed by atoms with E-state index in [1.807, 2.05) is 0 Å². The molecule has 0 aliphatic rings. The van der Waals surface area contributed by atoms with Gasteiger partial charge in [-0.3, -0.25) is 0 Å². The van der Waals surface area contributed by atoms with Crippen molar-refractivity contribution in [2.75, 3.05) is 6.54 Å². The summed E-state index contributed by atoms with van der Waals surface area (Å²) in [5.74, 6) is 0.529. The standard InChI is InChI=1S/C14H19N3S/c1-9(2)11-5-4-10(3)12(8-11)14-17-16-13(18-14)6-7-15/h4-5,8-9H,6-7,15H2,1-3H3. The second-order valence-corrected chi connectivity index (χ2v) is 5.83. The molecule has 2 rings (SSSR count). The Morgan fingerprint density at radius 2 is 2.06 bits per heavy atom. The molecule has 1 aromatic carbocycles. The molecule has 0 aliphatic heterocycles. The fraction of sp³-hybridized carbons (Fsp3) is 0.429. The molecule has 0 aliphatic carbocycles. The minimum absolute atomic E-state index is 0.529. The van der Waals surface area contributed by atoms with Crippen molar-refractivity contribution in [2.45, 2.75) is 33.1 Å². The van der Waals surface area contributed by atoms with Crippen LogP contribution in [0.3, 0.4) is 0 Å². The Kier molecular flexibility index (Phi) is 4.09. The molecule has 2 aromatic rings. The van der Waals surface area contributed by atoms with Crippen LogP contribution in [0.1, 0.15) is 35.9 Å². The van der Waals surface area contributed by atoms with Crippen molar-refractivity contribution in [1.82, 2.24) is 10.2 Å². The molecule has 0 unspecified atom stereocenters. The molecule has 0 saturated heterocycles. The van der Waals surface area contributed by atoms with Crippen LogP contribution in [0, 0.1) is 6.92 Å². The zero-order chi connectivity index (χ0) is 13.1. The quantitative estimate of drug-likeness (QED) is 0.920. The van der Waals surface area contributed by atoms with Crippen LogP contribution in [-0.4, -0.2) is 16.7 Å². The number of rotatable bonds is 4. The number of nitrogens with two attached hydrogens (primary N) is 1. The van der Waals surface area contributed by atoms with E-state index < -0.39 is 0 Å². The number of aromatic nitrogens is 2. The molecule has 1 heterocycles. The maximum Gasteiger partial charge on any atom is 0.148 e. The number of benzene rings is 1. The Bertz CT molecular complexity index is 532. The Balaban J connectivity index is 2.38. The molecule has 3 nitrogen and oxygen atoms in total. The molecule has 0 atom stereocenters. The number of hydrogen-bond acceptors (Lipinski definition) is 4. The van der Waals surface area contributed by atoms with E-state index in [2.05, 4.69) is 49.2 Å². The van der Waals surface area contributed by atoms with Crippen molar-refractivity contribution < 1.29 is 0 Å². The van der Waals surface area contributed by atoms with Crippen LogP contribution in [0.15, 0.2) is 18.2 Å². The van der Waals surface area contributed by atoms with E-state index in [1.54, 1.807) is 11.3 Å². The van der Waals surface area contributed by atoms with E-state index >= 15 is 0 Å². The first-order valence-electron chi connectivity index (χ1n) is 6.25. The van der Waals surface area contributed by atoms with Gasteiger partial charge in [0.25, 0.3) is 0 Å². The molecule has 96 valence electrons. The van der Waals surface area contributed by atoms with E-state index in [-0.39, 0.29) is 0 Å². The molecule has 0 bridgehead atoms. The van der Waals surface area contributed by atoms with Gasteiger partial charge in [0.1, 0.15) is 10.0 Å². The van der Waals surface area contributed by atoms with E-state index in [9.17, 15) is 0 Å². The van der Waals surface area contributed by atoms with Crippen LogP contribution >= 0.6 is 11.3 Å². The summed E-state index contributed by atoms with van der Waals surface area (Å²) >= 11 is 1.64. The second kappa shape index (κ2) is 5.59. The molecular formula is C14H19N3S. The molecule has 2 N–H and O–H groups in total. The highest BCUT2D eigenvalue weighted by Gasteiger charge is 2.10. The van der Waals surface area contributed by atoms with Crippen molar-refractivity contribution in [2.24, 2.45) is 5.73 Å². The summed E-state index contributed by atoms with van der Waals surface area (Å²) in [6.45, 7) is 7.14. The average Bonchev–Trinajstić information content (AvgIpc) is 2.78. The summed E-state index contributed by atoms with van der Waals surface area (Å²) in [5.41, 5.74) is 9.32. The fourth-order valence-corrected chi connectivity index (χ4v) is 2.75. The lowest BCUT2D eigenvalue weighted by molar-refractivity contribution is 0.866. The van der Waals surface area contributed by atoms with Crippen LogP contribution in [0.5, 0.6) is 0 Å². The van der Waals surface area contributed by atoms with Gasteiger partial charge in [0.15, 0.2) is 0 Å². The fourth-order valence-electron chi connectivity index (χ4n) is 1.82. The molecule has 18 heavy (non-hydrogen) atoms. The summed E-state index contributed by atoms with van der Waals surface area (Å²) in [6.07, 6.45) is 0.806. The third-order valence-corrected chi connectivity index (χ3v) is 4.00. The maximum atomic E-state index is 5.54. The highest BCUT2D eigenvalue weighted by Crippen LogP contribution is 2.29. The smallest absolute Gasteiger partial charge is 0.148 e. The zero-order valence-corrected chi connectivity index (χ0v) is 11.9. The lowest BCUT2D eigenvalue weighted by atomic mass is 9.98. The van der Waals surface area contributed by atoms with Gasteiger partial charge in [0, 0.05) is 12.0 Å². The van der Waals surface area contributed by atoms with Gasteiger partial charge in [0.05, 0.1) is 0 Å². The molecule has 0 radical (unpaired) electrons. The van der Waals surface area contributed by atoms with Crippen LogP contribution < -0.4 is 5.73 Å². The van der Waals surface area contributed by atoms with Crippen molar-refractivity contribution >= 4 is 11.3 Å². The molecule has 0 fully saturated rings. The summed E-state index contributed by atoms with van der Waals surface area (Å²) in [7, 11) is 0. The average molecular weight is 261 g/mol. The summed E-state index contributed by atoms with van der Waals surface area (Å²) in [5, 5.41) is 10.5. The minimum Gasteiger partial charge on any atom is -0.330 e. The van der Waals surface area contributed by atoms with Gasteiger partial charge in [-0.25, -0.2) is 0 Å². The predicted octanol–water partition coefficient (Wildman–Crippen LogP) is 3.14. The summed E-state index contributed by atoms with van der Waals surface area (Å²) < 4.78 is 0. The Morgan fingerprint density at radius 3 is 2.72 bits per heavy atom. The third kappa shape index (κ3) is 2.76. The monoisotopic (exact) mass is 261 g/mol. The first kappa shape index (κ1) is 13.2. The van der Waals surface area contributed by atoms with Gasteiger partial charge in [-0.05, 0) is 36.6 Å². The third-order valence-electron chi connectivity index (χ3n) is 2.98. The SMILES string of the molecule is Cc1ccc(C(C)C)cc1-c1nnc(CCN)s1. The largest absolute Gasteiger partial charge is 0.330 e. The van der Waals surface area contributed by atoms with Crippen molar-refractivity contribution in [3.05, 3.63) is 34.3 Å². The maximum absolute atomic E-state index is 5.54. The van der Waals surface area contributed by atoms with Crippen LogP contribution in [0.4, 0.5) is 0 Å². The normalized spacial score (nSPS) is 11.2. The molecule has 0 spiro atoms. The van der Waals surface area contributed by atoms with Crippen molar-refractivity contribution in [1.29, 1.82) is 0 Å². The van der Waals surface area contributed by atoms with E-state index in [1.165, 1.54) is 16.7 Å².